The molecule has 2 fully saturated rings. The number of hydrogen-bond donors (Lipinski definition) is 1. The maximum Gasteiger partial charge on any atom is 0.252 e. The first-order chi connectivity index (χ1) is 12.8. The Morgan fingerprint density at radius 1 is 1.00 bits per heavy atom. The molecular formula is C21H20N4O. The van der Waals surface area contributed by atoms with Gasteiger partial charge in [-0.15, -0.1) is 0 Å². The van der Waals surface area contributed by atoms with Crippen LogP contribution in [0.3, 0.4) is 0 Å². The lowest BCUT2D eigenvalue weighted by Crippen LogP contribution is -2.52. The summed E-state index contributed by atoms with van der Waals surface area (Å²) in [7, 11) is 0. The van der Waals surface area contributed by atoms with Crippen LogP contribution < -0.4 is 10.2 Å². The number of carbonyl (C=O) groups excluding carboxylic acids is 1. The molecule has 3 atom stereocenters. The molecule has 1 saturated carbocycles. The van der Waals surface area contributed by atoms with Gasteiger partial charge in [-0.05, 0) is 35.2 Å². The Morgan fingerprint density at radius 3 is 2.69 bits per heavy atom. The van der Waals surface area contributed by atoms with E-state index in [0.717, 1.165) is 41.8 Å². The van der Waals surface area contributed by atoms with E-state index in [2.05, 4.69) is 20.2 Å². The van der Waals surface area contributed by atoms with Crippen molar-refractivity contribution in [2.75, 3.05) is 18.0 Å². The van der Waals surface area contributed by atoms with Crippen molar-refractivity contribution in [3.63, 3.8) is 0 Å². The first-order valence-corrected chi connectivity index (χ1v) is 9.10. The highest BCUT2D eigenvalue weighted by Gasteiger charge is 2.48. The van der Waals surface area contributed by atoms with E-state index < -0.39 is 0 Å². The summed E-state index contributed by atoms with van der Waals surface area (Å²) in [5.74, 6) is 1.93. The first kappa shape index (κ1) is 15.3. The fourth-order valence-electron chi connectivity index (χ4n) is 4.36. The lowest BCUT2D eigenvalue weighted by Gasteiger charge is -2.39. The summed E-state index contributed by atoms with van der Waals surface area (Å²) in [5.41, 5.74) is 0.757. The number of rotatable bonds is 3. The monoisotopic (exact) mass is 344 g/mol. The maximum absolute atomic E-state index is 12.9. The molecule has 1 saturated heterocycles. The zero-order chi connectivity index (χ0) is 17.5. The van der Waals surface area contributed by atoms with E-state index in [0.29, 0.717) is 11.8 Å². The second-order valence-electron chi connectivity index (χ2n) is 7.22. The highest BCUT2D eigenvalue weighted by molar-refractivity contribution is 6.07. The van der Waals surface area contributed by atoms with Crippen molar-refractivity contribution >= 4 is 22.6 Å². The Labute approximate surface area is 152 Å². The molecule has 3 unspecified atom stereocenters. The second-order valence-corrected chi connectivity index (χ2v) is 7.22. The van der Waals surface area contributed by atoms with Gasteiger partial charge in [0.25, 0.3) is 5.91 Å². The van der Waals surface area contributed by atoms with Gasteiger partial charge in [0.05, 0.1) is 0 Å². The highest BCUT2D eigenvalue weighted by Crippen LogP contribution is 2.41. The molecule has 5 nitrogen and oxygen atoms in total. The highest BCUT2D eigenvalue weighted by atomic mass is 16.1. The number of nitrogens with one attached hydrogen (secondary N) is 1. The van der Waals surface area contributed by atoms with Crippen LogP contribution in [0.4, 0.5) is 5.95 Å². The molecule has 130 valence electrons. The smallest absolute Gasteiger partial charge is 0.252 e. The zero-order valence-electron chi connectivity index (χ0n) is 14.4. The van der Waals surface area contributed by atoms with Crippen LogP contribution in [0.1, 0.15) is 16.8 Å². The SMILES string of the molecule is O=C(NC1CC2CN(c3ncccn3)CC21)c1cccc2ccccc12. The van der Waals surface area contributed by atoms with Crippen molar-refractivity contribution < 1.29 is 4.79 Å². The van der Waals surface area contributed by atoms with E-state index in [4.69, 9.17) is 0 Å². The molecule has 1 aromatic heterocycles. The normalized spacial score (nSPS) is 24.2. The number of nitrogens with zero attached hydrogens (tertiary/aromatic N) is 3. The Balaban J connectivity index is 1.30. The van der Waals surface area contributed by atoms with Crippen LogP contribution in [-0.2, 0) is 0 Å². The van der Waals surface area contributed by atoms with Gasteiger partial charge in [-0.2, -0.15) is 0 Å². The lowest BCUT2D eigenvalue weighted by atomic mass is 9.71. The average Bonchev–Trinajstić information content (AvgIpc) is 3.03. The maximum atomic E-state index is 12.9. The topological polar surface area (TPSA) is 58.1 Å². The molecule has 3 aromatic rings. The lowest BCUT2D eigenvalue weighted by molar-refractivity contribution is 0.0834. The molecule has 0 radical (unpaired) electrons. The summed E-state index contributed by atoms with van der Waals surface area (Å²) in [6.45, 7) is 1.89. The fourth-order valence-corrected chi connectivity index (χ4v) is 4.36. The van der Waals surface area contributed by atoms with Crippen LogP contribution >= 0.6 is 0 Å². The summed E-state index contributed by atoms with van der Waals surface area (Å²) in [4.78, 5) is 23.8. The number of hydrogen-bond acceptors (Lipinski definition) is 4. The van der Waals surface area contributed by atoms with Gasteiger partial charge in [0, 0.05) is 43.0 Å². The molecule has 1 N–H and O–H groups in total. The minimum atomic E-state index is 0.0275. The third-order valence-corrected chi connectivity index (χ3v) is 5.75. The molecular weight excluding hydrogens is 324 g/mol. The van der Waals surface area contributed by atoms with Crippen molar-refractivity contribution in [3.8, 4) is 0 Å². The summed E-state index contributed by atoms with van der Waals surface area (Å²) in [5, 5.41) is 5.37. The van der Waals surface area contributed by atoms with Gasteiger partial charge in [0.1, 0.15) is 0 Å². The first-order valence-electron chi connectivity index (χ1n) is 9.10. The summed E-state index contributed by atoms with van der Waals surface area (Å²) >= 11 is 0. The van der Waals surface area contributed by atoms with Crippen molar-refractivity contribution in [2.45, 2.75) is 12.5 Å². The predicted octanol–water partition coefficient (Wildman–Crippen LogP) is 2.88. The standard InChI is InChI=1S/C21H20N4O/c26-20(17-8-3-6-14-5-1-2-7-16(14)17)24-19-11-15-12-25(13-18(15)19)21-22-9-4-10-23-21/h1-10,15,18-19H,11-13H2,(H,24,26). The molecule has 2 heterocycles. The van der Waals surface area contributed by atoms with Crippen molar-refractivity contribution in [1.82, 2.24) is 15.3 Å². The Kier molecular flexibility index (Phi) is 3.59. The largest absolute Gasteiger partial charge is 0.349 e. The minimum Gasteiger partial charge on any atom is -0.349 e. The molecule has 5 heteroatoms. The molecule has 2 aromatic carbocycles. The Hall–Kier alpha value is -2.95. The van der Waals surface area contributed by atoms with Crippen LogP contribution in [0, 0.1) is 11.8 Å². The Morgan fingerprint density at radius 2 is 1.81 bits per heavy atom. The Bertz CT molecular complexity index is 953. The third kappa shape index (κ3) is 2.51. The van der Waals surface area contributed by atoms with E-state index in [1.54, 1.807) is 12.4 Å². The van der Waals surface area contributed by atoms with Crippen molar-refractivity contribution in [2.24, 2.45) is 11.8 Å². The van der Waals surface area contributed by atoms with Gasteiger partial charge in [-0.25, -0.2) is 9.97 Å². The van der Waals surface area contributed by atoms with Gasteiger partial charge in [0.2, 0.25) is 5.95 Å². The quantitative estimate of drug-likeness (QED) is 0.794. The second kappa shape index (κ2) is 6.09. The average molecular weight is 344 g/mol. The molecule has 1 aliphatic heterocycles. The number of aromatic nitrogens is 2. The van der Waals surface area contributed by atoms with E-state index in [1.807, 2.05) is 48.5 Å². The number of carbonyl (C=O) groups is 1. The van der Waals surface area contributed by atoms with E-state index in [1.165, 1.54) is 0 Å². The van der Waals surface area contributed by atoms with Gasteiger partial charge >= 0.3 is 0 Å². The molecule has 2 aliphatic rings. The number of fused-ring (bicyclic) bond motifs is 2. The van der Waals surface area contributed by atoms with Crippen molar-refractivity contribution in [1.29, 1.82) is 0 Å². The summed E-state index contributed by atoms with van der Waals surface area (Å²) < 4.78 is 0. The summed E-state index contributed by atoms with van der Waals surface area (Å²) in [6, 6.07) is 16.0. The molecule has 5 rings (SSSR count). The van der Waals surface area contributed by atoms with Gasteiger partial charge in [-0.3, -0.25) is 4.79 Å². The van der Waals surface area contributed by atoms with Gasteiger partial charge in [0.15, 0.2) is 0 Å². The van der Waals surface area contributed by atoms with Crippen LogP contribution in [-0.4, -0.2) is 35.0 Å². The number of benzene rings is 2. The number of amides is 1. The third-order valence-electron chi connectivity index (χ3n) is 5.75. The summed E-state index contributed by atoms with van der Waals surface area (Å²) in [6.07, 6.45) is 4.59. The van der Waals surface area contributed by atoms with E-state index in [-0.39, 0.29) is 11.9 Å². The molecule has 0 bridgehead atoms. The van der Waals surface area contributed by atoms with Crippen LogP contribution in [0.2, 0.25) is 0 Å². The van der Waals surface area contributed by atoms with Gasteiger partial charge < -0.3 is 10.2 Å². The minimum absolute atomic E-state index is 0.0275. The van der Waals surface area contributed by atoms with Crippen molar-refractivity contribution in [3.05, 3.63) is 66.5 Å². The fraction of sp³-hybridized carbons (Fsp3) is 0.286. The molecule has 26 heavy (non-hydrogen) atoms. The van der Waals surface area contributed by atoms with Crippen LogP contribution in [0.15, 0.2) is 60.9 Å². The van der Waals surface area contributed by atoms with Crippen LogP contribution in [0.5, 0.6) is 0 Å². The number of anilines is 1. The van der Waals surface area contributed by atoms with Gasteiger partial charge in [-0.1, -0.05) is 36.4 Å². The molecule has 0 spiro atoms. The zero-order valence-corrected chi connectivity index (χ0v) is 14.4. The van der Waals surface area contributed by atoms with E-state index in [9.17, 15) is 4.79 Å². The molecule has 1 aliphatic carbocycles. The predicted molar refractivity (Wildman–Crippen MR) is 101 cm³/mol. The van der Waals surface area contributed by atoms with Crippen LogP contribution in [0.25, 0.3) is 10.8 Å². The molecule has 1 amide bonds. The van der Waals surface area contributed by atoms with E-state index >= 15 is 0 Å².